The molecule has 39 heavy (non-hydrogen) atoms. The minimum atomic E-state index is -1.27. The van der Waals surface area contributed by atoms with Crippen LogP contribution in [-0.2, 0) is 19.1 Å². The van der Waals surface area contributed by atoms with Gasteiger partial charge in [0.05, 0.1) is 6.42 Å². The first-order chi connectivity index (χ1) is 18.3. The molecule has 2 unspecified atom stereocenters. The highest BCUT2D eigenvalue weighted by atomic mass is 16.6. The van der Waals surface area contributed by atoms with Crippen LogP contribution < -0.4 is 16.4 Å². The number of hydrogen-bond donors (Lipinski definition) is 3. The van der Waals surface area contributed by atoms with Gasteiger partial charge in [-0.05, 0) is 64.2 Å². The van der Waals surface area contributed by atoms with Gasteiger partial charge >= 0.3 is 6.09 Å². The summed E-state index contributed by atoms with van der Waals surface area (Å²) in [5.74, 6) is -1.59. The van der Waals surface area contributed by atoms with Crippen molar-refractivity contribution < 1.29 is 23.9 Å². The van der Waals surface area contributed by atoms with E-state index in [0.717, 1.165) is 49.7 Å². The summed E-state index contributed by atoms with van der Waals surface area (Å²) >= 11 is 0. The van der Waals surface area contributed by atoms with Gasteiger partial charge in [-0.15, -0.1) is 0 Å². The normalized spacial score (nSPS) is 12.8. The number of carbonyl (C=O) groups is 4. The molecule has 0 aliphatic rings. The van der Waals surface area contributed by atoms with Gasteiger partial charge in [-0.25, -0.2) is 4.79 Å². The van der Waals surface area contributed by atoms with Gasteiger partial charge in [0.15, 0.2) is 0 Å². The summed E-state index contributed by atoms with van der Waals surface area (Å²) in [5, 5.41) is 5.52. The van der Waals surface area contributed by atoms with E-state index in [0.29, 0.717) is 18.5 Å². The van der Waals surface area contributed by atoms with E-state index in [9.17, 15) is 19.2 Å². The van der Waals surface area contributed by atoms with Crippen molar-refractivity contribution in [2.75, 3.05) is 13.1 Å². The zero-order chi connectivity index (χ0) is 29.6. The minimum absolute atomic E-state index is 0.285. The van der Waals surface area contributed by atoms with E-state index >= 15 is 0 Å². The number of ether oxygens (including phenoxy) is 1. The van der Waals surface area contributed by atoms with E-state index in [4.69, 9.17) is 10.5 Å². The maximum absolute atomic E-state index is 14.1. The number of primary amides is 1. The Morgan fingerprint density at radius 1 is 0.974 bits per heavy atom. The summed E-state index contributed by atoms with van der Waals surface area (Å²) in [6.07, 6.45) is 5.19. The first kappa shape index (κ1) is 33.9. The molecule has 0 bridgehead atoms. The van der Waals surface area contributed by atoms with Crippen molar-refractivity contribution in [3.05, 3.63) is 34.9 Å². The largest absolute Gasteiger partial charge is 0.444 e. The Balaban J connectivity index is 3.53. The highest BCUT2D eigenvalue weighted by Gasteiger charge is 2.37. The molecule has 0 saturated heterocycles. The van der Waals surface area contributed by atoms with E-state index in [1.54, 1.807) is 20.8 Å². The van der Waals surface area contributed by atoms with E-state index in [-0.39, 0.29) is 12.5 Å². The van der Waals surface area contributed by atoms with Gasteiger partial charge in [0.2, 0.25) is 17.7 Å². The van der Waals surface area contributed by atoms with Crippen molar-refractivity contribution in [1.82, 2.24) is 15.5 Å². The second-order valence-corrected chi connectivity index (χ2v) is 11.2. The van der Waals surface area contributed by atoms with Gasteiger partial charge < -0.3 is 26.0 Å². The molecule has 1 rings (SSSR count). The Morgan fingerprint density at radius 3 is 2.21 bits per heavy atom. The van der Waals surface area contributed by atoms with Gasteiger partial charge in [-0.2, -0.15) is 0 Å². The predicted octanol–water partition coefficient (Wildman–Crippen LogP) is 4.83. The van der Waals surface area contributed by atoms with Crippen LogP contribution in [0.3, 0.4) is 0 Å². The number of nitrogens with one attached hydrogen (secondary N) is 2. The van der Waals surface area contributed by atoms with E-state index in [1.807, 2.05) is 39.0 Å². The summed E-state index contributed by atoms with van der Waals surface area (Å²) in [6, 6.07) is 3.48. The maximum atomic E-state index is 14.1. The van der Waals surface area contributed by atoms with E-state index < -0.39 is 42.0 Å². The highest BCUT2D eigenvalue weighted by molar-refractivity contribution is 5.94. The molecule has 0 aliphatic carbocycles. The van der Waals surface area contributed by atoms with E-state index in [2.05, 4.69) is 17.6 Å². The molecule has 1 aromatic carbocycles. The number of alkyl carbamates (subject to hydrolysis) is 1. The van der Waals surface area contributed by atoms with E-state index in [1.165, 1.54) is 4.90 Å². The minimum Gasteiger partial charge on any atom is -0.444 e. The lowest BCUT2D eigenvalue weighted by molar-refractivity contribution is -0.143. The Morgan fingerprint density at radius 2 is 1.62 bits per heavy atom. The lowest BCUT2D eigenvalue weighted by Crippen LogP contribution is -2.54. The molecule has 0 radical (unpaired) electrons. The molecule has 9 heteroatoms. The fourth-order valence-electron chi connectivity index (χ4n) is 4.31. The first-order valence-corrected chi connectivity index (χ1v) is 14.2. The summed E-state index contributed by atoms with van der Waals surface area (Å²) in [4.78, 5) is 53.9. The van der Waals surface area contributed by atoms with Crippen molar-refractivity contribution in [2.24, 2.45) is 5.73 Å². The molecule has 0 heterocycles. The van der Waals surface area contributed by atoms with Gasteiger partial charge in [0, 0.05) is 13.1 Å². The number of rotatable bonds is 16. The molecule has 0 saturated carbocycles. The fourth-order valence-corrected chi connectivity index (χ4v) is 4.31. The number of aryl methyl sites for hydroxylation is 1. The maximum Gasteiger partial charge on any atom is 0.408 e. The molecule has 220 valence electrons. The molecule has 9 nitrogen and oxygen atoms in total. The molecular weight excluding hydrogens is 496 g/mol. The predicted molar refractivity (Wildman–Crippen MR) is 154 cm³/mol. The highest BCUT2D eigenvalue weighted by Crippen LogP contribution is 2.28. The van der Waals surface area contributed by atoms with Crippen LogP contribution in [0.4, 0.5) is 4.79 Å². The van der Waals surface area contributed by atoms with Crippen molar-refractivity contribution in [2.45, 2.75) is 118 Å². The second-order valence-electron chi connectivity index (χ2n) is 11.2. The molecule has 0 fully saturated rings. The zero-order valence-electron chi connectivity index (χ0n) is 25.0. The Bertz CT molecular complexity index is 957. The van der Waals surface area contributed by atoms with Crippen LogP contribution in [0, 0.1) is 13.8 Å². The number of carbonyl (C=O) groups excluding carboxylic acids is 4. The van der Waals surface area contributed by atoms with Crippen LogP contribution in [0.2, 0.25) is 0 Å². The van der Waals surface area contributed by atoms with Crippen LogP contribution in [-0.4, -0.2) is 53.4 Å². The topological polar surface area (TPSA) is 131 Å². The molecule has 0 aliphatic heterocycles. The third-order valence-electron chi connectivity index (χ3n) is 6.51. The number of hydrogen-bond acceptors (Lipinski definition) is 5. The van der Waals surface area contributed by atoms with Gasteiger partial charge in [-0.3, -0.25) is 14.4 Å². The van der Waals surface area contributed by atoms with Crippen molar-refractivity contribution in [3.8, 4) is 0 Å². The molecule has 2 atom stereocenters. The molecule has 1 aromatic rings. The monoisotopic (exact) mass is 546 g/mol. The average molecular weight is 547 g/mol. The summed E-state index contributed by atoms with van der Waals surface area (Å²) in [6.45, 7) is 13.9. The fraction of sp³-hybridized carbons (Fsp3) is 0.667. The van der Waals surface area contributed by atoms with Crippen molar-refractivity contribution in [1.29, 1.82) is 0 Å². The Hall–Kier alpha value is -3.10. The average Bonchev–Trinajstić information content (AvgIpc) is 2.83. The second kappa shape index (κ2) is 16.8. The van der Waals surface area contributed by atoms with Crippen LogP contribution in [0.1, 0.15) is 109 Å². The van der Waals surface area contributed by atoms with Gasteiger partial charge in [0.1, 0.15) is 17.7 Å². The van der Waals surface area contributed by atoms with Crippen LogP contribution in [0.25, 0.3) is 0 Å². The SMILES string of the molecule is CCCCCCCN(C(=O)C(CC(N)=O)NC(=O)OC(C)(C)C)C(C(=O)NCCCC)c1cccc(C)c1C. The molecule has 4 N–H and O–H groups in total. The molecule has 0 spiro atoms. The zero-order valence-corrected chi connectivity index (χ0v) is 25.0. The third kappa shape index (κ3) is 12.1. The summed E-state index contributed by atoms with van der Waals surface area (Å²) < 4.78 is 5.35. The lowest BCUT2D eigenvalue weighted by Gasteiger charge is -2.35. The third-order valence-corrected chi connectivity index (χ3v) is 6.51. The van der Waals surface area contributed by atoms with Crippen LogP contribution in [0.5, 0.6) is 0 Å². The number of unbranched alkanes of at least 4 members (excludes halogenated alkanes) is 5. The number of benzene rings is 1. The van der Waals surface area contributed by atoms with Crippen molar-refractivity contribution >= 4 is 23.8 Å². The molecular formula is C30H50N4O5. The van der Waals surface area contributed by atoms with Gasteiger partial charge in [0.25, 0.3) is 0 Å². The number of nitrogens with zero attached hydrogens (tertiary/aromatic N) is 1. The quantitative estimate of drug-likeness (QED) is 0.256. The molecule has 4 amide bonds. The standard InChI is InChI=1S/C30H50N4O5/c1-8-10-12-13-14-19-34(28(37)24(20-25(31)35)33-29(38)39-30(5,6)7)26(27(36)32-18-11-9-2)23-17-15-16-21(3)22(23)4/h15-17,24,26H,8-14,18-20H2,1-7H3,(H2,31,35)(H,32,36)(H,33,38). The lowest BCUT2D eigenvalue weighted by atomic mass is 9.94. The molecule has 0 aromatic heterocycles. The van der Waals surface area contributed by atoms with Gasteiger partial charge in [-0.1, -0.05) is 64.2 Å². The summed E-state index contributed by atoms with van der Waals surface area (Å²) in [7, 11) is 0. The van der Waals surface area contributed by atoms with Crippen LogP contribution >= 0.6 is 0 Å². The van der Waals surface area contributed by atoms with Crippen LogP contribution in [0.15, 0.2) is 18.2 Å². The Labute approximate surface area is 234 Å². The first-order valence-electron chi connectivity index (χ1n) is 14.2. The smallest absolute Gasteiger partial charge is 0.408 e. The summed E-state index contributed by atoms with van der Waals surface area (Å²) in [5.41, 5.74) is 7.29. The Kier molecular flexibility index (Phi) is 14.6. The number of nitrogens with two attached hydrogens (primary N) is 1. The number of amides is 4. The van der Waals surface area contributed by atoms with Crippen molar-refractivity contribution in [3.63, 3.8) is 0 Å².